The Hall–Kier alpha value is -2.24. The number of esters is 1. The van der Waals surface area contributed by atoms with Gasteiger partial charge in [0.2, 0.25) is 0 Å². The van der Waals surface area contributed by atoms with E-state index in [1.807, 2.05) is 0 Å². The van der Waals surface area contributed by atoms with Crippen LogP contribution in [0.4, 0.5) is 0 Å². The van der Waals surface area contributed by atoms with Crippen LogP contribution in [0.25, 0.3) is 0 Å². The van der Waals surface area contributed by atoms with Gasteiger partial charge in [-0.1, -0.05) is 0 Å². The minimum absolute atomic E-state index is 0.0837. The highest BCUT2D eigenvalue weighted by Gasteiger charge is 2.30. The summed E-state index contributed by atoms with van der Waals surface area (Å²) in [5, 5.41) is 0. The second-order valence-corrected chi connectivity index (χ2v) is 6.05. The van der Waals surface area contributed by atoms with Crippen LogP contribution in [0.3, 0.4) is 0 Å². The van der Waals surface area contributed by atoms with E-state index < -0.39 is 0 Å². The summed E-state index contributed by atoms with van der Waals surface area (Å²) < 4.78 is 16.3. The molecule has 1 aromatic carbocycles. The zero-order chi connectivity index (χ0) is 16.9. The maximum Gasteiger partial charge on any atom is 0.310 e. The number of nitrogens with zero attached hydrogens (tertiary/aromatic N) is 1. The van der Waals surface area contributed by atoms with Gasteiger partial charge in [-0.15, -0.1) is 0 Å². The molecule has 1 atom stereocenters. The molecule has 0 unspecified atom stereocenters. The summed E-state index contributed by atoms with van der Waals surface area (Å²) in [6.07, 6.45) is 2.40. The van der Waals surface area contributed by atoms with Crippen LogP contribution in [0.2, 0.25) is 0 Å². The maximum absolute atomic E-state index is 12.8. The van der Waals surface area contributed by atoms with Crippen LogP contribution in [-0.4, -0.2) is 49.7 Å². The molecule has 24 heavy (non-hydrogen) atoms. The molecule has 2 aliphatic rings. The van der Waals surface area contributed by atoms with E-state index in [4.69, 9.17) is 14.2 Å². The zero-order valence-electron chi connectivity index (χ0n) is 14.0. The first-order chi connectivity index (χ1) is 11.7. The van der Waals surface area contributed by atoms with Gasteiger partial charge in [0.25, 0.3) is 5.91 Å². The van der Waals surface area contributed by atoms with Crippen molar-refractivity contribution < 1.29 is 23.8 Å². The Kier molecular flexibility index (Phi) is 5.23. The third-order valence-corrected chi connectivity index (χ3v) is 4.32. The SMILES string of the molecule is CCOC(=O)[C@@H]1CCCN(C(=O)c2ccc3c(c2)OCCCO3)C1. The molecule has 6 nitrogen and oxygen atoms in total. The molecule has 0 radical (unpaired) electrons. The predicted octanol–water partition coefficient (Wildman–Crippen LogP) is 2.26. The summed E-state index contributed by atoms with van der Waals surface area (Å²) in [5.41, 5.74) is 0.559. The zero-order valence-corrected chi connectivity index (χ0v) is 14.0. The van der Waals surface area contributed by atoms with Crippen LogP contribution >= 0.6 is 0 Å². The highest BCUT2D eigenvalue weighted by molar-refractivity contribution is 5.95. The fourth-order valence-corrected chi connectivity index (χ4v) is 3.09. The maximum atomic E-state index is 12.8. The average Bonchev–Trinajstić information content (AvgIpc) is 2.86. The van der Waals surface area contributed by atoms with E-state index in [1.165, 1.54) is 0 Å². The normalized spacial score (nSPS) is 20.2. The lowest BCUT2D eigenvalue weighted by atomic mass is 9.97. The molecule has 1 fully saturated rings. The first kappa shape index (κ1) is 16.6. The highest BCUT2D eigenvalue weighted by Crippen LogP contribution is 2.31. The van der Waals surface area contributed by atoms with Crippen molar-refractivity contribution in [2.45, 2.75) is 26.2 Å². The third-order valence-electron chi connectivity index (χ3n) is 4.32. The second-order valence-electron chi connectivity index (χ2n) is 6.05. The highest BCUT2D eigenvalue weighted by atomic mass is 16.5. The van der Waals surface area contributed by atoms with Gasteiger partial charge < -0.3 is 19.1 Å². The van der Waals surface area contributed by atoms with Crippen molar-refractivity contribution in [3.8, 4) is 11.5 Å². The number of piperidine rings is 1. The Morgan fingerprint density at radius 3 is 2.79 bits per heavy atom. The molecule has 1 amide bonds. The minimum atomic E-state index is -0.233. The smallest absolute Gasteiger partial charge is 0.310 e. The van der Waals surface area contributed by atoms with Crippen molar-refractivity contribution >= 4 is 11.9 Å². The van der Waals surface area contributed by atoms with Crippen molar-refractivity contribution in [3.05, 3.63) is 23.8 Å². The second kappa shape index (κ2) is 7.55. The van der Waals surface area contributed by atoms with Crippen LogP contribution in [-0.2, 0) is 9.53 Å². The number of carbonyl (C=O) groups excluding carboxylic acids is 2. The van der Waals surface area contributed by atoms with Gasteiger partial charge in [0.05, 0.1) is 25.7 Å². The molecular weight excluding hydrogens is 310 g/mol. The van der Waals surface area contributed by atoms with Crippen molar-refractivity contribution in [1.29, 1.82) is 0 Å². The lowest BCUT2D eigenvalue weighted by Crippen LogP contribution is -2.42. The van der Waals surface area contributed by atoms with Gasteiger partial charge in [0.15, 0.2) is 11.5 Å². The number of amides is 1. The first-order valence-electron chi connectivity index (χ1n) is 8.54. The number of ether oxygens (including phenoxy) is 3. The number of hydrogen-bond acceptors (Lipinski definition) is 5. The molecule has 0 bridgehead atoms. The minimum Gasteiger partial charge on any atom is -0.490 e. The van der Waals surface area contributed by atoms with Crippen molar-refractivity contribution in [2.75, 3.05) is 32.9 Å². The molecule has 1 saturated heterocycles. The Labute approximate surface area is 141 Å². The standard InChI is InChI=1S/C18H23NO5/c1-2-22-18(21)14-5-3-8-19(12-14)17(20)13-6-7-15-16(11-13)24-10-4-9-23-15/h6-7,11,14H,2-5,8-10,12H2,1H3/t14-/m1/s1. The largest absolute Gasteiger partial charge is 0.490 e. The summed E-state index contributed by atoms with van der Waals surface area (Å²) in [6, 6.07) is 5.27. The van der Waals surface area contributed by atoms with E-state index >= 15 is 0 Å². The van der Waals surface area contributed by atoms with Gasteiger partial charge in [0, 0.05) is 25.1 Å². The monoisotopic (exact) mass is 333 g/mol. The first-order valence-corrected chi connectivity index (χ1v) is 8.54. The van der Waals surface area contributed by atoms with E-state index in [2.05, 4.69) is 0 Å². The fourth-order valence-electron chi connectivity index (χ4n) is 3.09. The fraction of sp³-hybridized carbons (Fsp3) is 0.556. The van der Waals surface area contributed by atoms with Gasteiger partial charge in [-0.3, -0.25) is 9.59 Å². The van der Waals surface area contributed by atoms with Gasteiger partial charge in [-0.05, 0) is 38.0 Å². The van der Waals surface area contributed by atoms with Crippen molar-refractivity contribution in [1.82, 2.24) is 4.90 Å². The van der Waals surface area contributed by atoms with E-state index in [9.17, 15) is 9.59 Å². The van der Waals surface area contributed by atoms with E-state index in [0.717, 1.165) is 19.3 Å². The molecule has 0 spiro atoms. The topological polar surface area (TPSA) is 65.1 Å². The Balaban J connectivity index is 1.71. The molecule has 0 aliphatic carbocycles. The molecule has 0 saturated carbocycles. The molecule has 2 heterocycles. The van der Waals surface area contributed by atoms with Gasteiger partial charge in [0.1, 0.15) is 0 Å². The molecular formula is C18H23NO5. The number of rotatable bonds is 3. The van der Waals surface area contributed by atoms with Crippen LogP contribution in [0.1, 0.15) is 36.5 Å². The number of fused-ring (bicyclic) bond motifs is 1. The number of hydrogen-bond donors (Lipinski definition) is 0. The predicted molar refractivity (Wildman–Crippen MR) is 87.3 cm³/mol. The van der Waals surface area contributed by atoms with Crippen LogP contribution in [0.15, 0.2) is 18.2 Å². The number of likely N-dealkylation sites (tertiary alicyclic amines) is 1. The summed E-state index contributed by atoms with van der Waals surface area (Å²) in [4.78, 5) is 26.4. The molecule has 0 aromatic heterocycles. The quantitative estimate of drug-likeness (QED) is 0.794. The van der Waals surface area contributed by atoms with E-state index in [-0.39, 0.29) is 17.8 Å². The Bertz CT molecular complexity index is 615. The van der Waals surface area contributed by atoms with Gasteiger partial charge in [-0.25, -0.2) is 0 Å². The third kappa shape index (κ3) is 3.63. The van der Waals surface area contributed by atoms with Crippen LogP contribution in [0.5, 0.6) is 11.5 Å². The molecule has 2 aliphatic heterocycles. The lowest BCUT2D eigenvalue weighted by molar-refractivity contribution is -0.149. The molecule has 3 rings (SSSR count). The van der Waals surface area contributed by atoms with E-state index in [0.29, 0.717) is 50.0 Å². The average molecular weight is 333 g/mol. The molecule has 0 N–H and O–H groups in total. The van der Waals surface area contributed by atoms with Crippen LogP contribution in [0, 0.1) is 5.92 Å². The number of carbonyl (C=O) groups is 2. The lowest BCUT2D eigenvalue weighted by Gasteiger charge is -2.31. The molecule has 1 aromatic rings. The Morgan fingerprint density at radius 1 is 1.21 bits per heavy atom. The molecule has 130 valence electrons. The Morgan fingerprint density at radius 2 is 2.00 bits per heavy atom. The van der Waals surface area contributed by atoms with Crippen molar-refractivity contribution in [3.63, 3.8) is 0 Å². The summed E-state index contributed by atoms with van der Waals surface area (Å²) >= 11 is 0. The van der Waals surface area contributed by atoms with Gasteiger partial charge in [-0.2, -0.15) is 0 Å². The summed E-state index contributed by atoms with van der Waals surface area (Å²) in [7, 11) is 0. The van der Waals surface area contributed by atoms with Crippen molar-refractivity contribution in [2.24, 2.45) is 5.92 Å². The number of benzene rings is 1. The van der Waals surface area contributed by atoms with Crippen LogP contribution < -0.4 is 9.47 Å². The molecule has 6 heteroatoms. The van der Waals surface area contributed by atoms with Gasteiger partial charge >= 0.3 is 5.97 Å². The van der Waals surface area contributed by atoms with E-state index in [1.54, 1.807) is 30.0 Å². The summed E-state index contributed by atoms with van der Waals surface area (Å²) in [5.74, 6) is 0.751. The summed E-state index contributed by atoms with van der Waals surface area (Å²) in [6.45, 7) is 4.43.